The van der Waals surface area contributed by atoms with Crippen LogP contribution in [0.4, 0.5) is 0 Å². The van der Waals surface area contributed by atoms with Crippen molar-refractivity contribution in [2.75, 3.05) is 18.9 Å². The zero-order chi connectivity index (χ0) is 19.2. The largest absolute Gasteiger partial charge is 0.484 e. The summed E-state index contributed by atoms with van der Waals surface area (Å²) in [5, 5.41) is 12.7. The summed E-state index contributed by atoms with van der Waals surface area (Å²) in [7, 11) is 1.83. The summed E-state index contributed by atoms with van der Waals surface area (Å²) in [6.45, 7) is 1.54. The molecule has 146 valence electrons. The molecule has 1 aromatic carbocycles. The second-order valence-electron chi connectivity index (χ2n) is 6.05. The Morgan fingerprint density at radius 1 is 1.44 bits per heavy atom. The van der Waals surface area contributed by atoms with Gasteiger partial charge in [-0.05, 0) is 31.0 Å². The highest BCUT2D eigenvalue weighted by Crippen LogP contribution is 2.28. The zero-order valence-electron chi connectivity index (χ0n) is 14.8. The number of amides is 1. The number of aromatic nitrogens is 3. The van der Waals surface area contributed by atoms with Gasteiger partial charge in [0.25, 0.3) is 0 Å². The van der Waals surface area contributed by atoms with Gasteiger partial charge in [0.2, 0.25) is 5.91 Å². The van der Waals surface area contributed by atoms with Crippen LogP contribution in [0.1, 0.15) is 18.7 Å². The fourth-order valence-electron chi connectivity index (χ4n) is 2.55. The van der Waals surface area contributed by atoms with Crippen LogP contribution in [0.25, 0.3) is 0 Å². The van der Waals surface area contributed by atoms with Crippen LogP contribution < -0.4 is 10.1 Å². The summed E-state index contributed by atoms with van der Waals surface area (Å²) >= 11 is 13.3. The molecule has 1 fully saturated rings. The molecule has 1 amide bonds. The van der Waals surface area contributed by atoms with Gasteiger partial charge in [-0.3, -0.25) is 4.79 Å². The van der Waals surface area contributed by atoms with Crippen molar-refractivity contribution in [1.29, 1.82) is 0 Å². The fourth-order valence-corrected chi connectivity index (χ4v) is 3.77. The minimum atomic E-state index is -0.0516. The lowest BCUT2D eigenvalue weighted by Gasteiger charge is -2.10. The van der Waals surface area contributed by atoms with E-state index >= 15 is 0 Å². The van der Waals surface area contributed by atoms with E-state index in [0.29, 0.717) is 33.3 Å². The molecule has 2 heterocycles. The second kappa shape index (κ2) is 9.64. The highest BCUT2D eigenvalue weighted by Gasteiger charge is 2.17. The van der Waals surface area contributed by atoms with Crippen molar-refractivity contribution in [3.05, 3.63) is 34.1 Å². The average Bonchev–Trinajstić information content (AvgIpc) is 3.28. The predicted octanol–water partition coefficient (Wildman–Crippen LogP) is 3.09. The third-order valence-electron chi connectivity index (χ3n) is 4.06. The Bertz CT molecular complexity index is 796. The van der Waals surface area contributed by atoms with E-state index < -0.39 is 0 Å². The number of ether oxygens (including phenoxy) is 2. The molecule has 1 aliphatic rings. The standard InChI is InChI=1S/C17H20Cl2N4O3S/c1-23-15(9-26-14-5-4-11(18)7-13(14)19)21-22-17(23)27-10-16(24)20-8-12-3-2-6-25-12/h4-5,7,12H,2-3,6,8-10H2,1H3,(H,20,24)/t12-/m0/s1. The molecule has 0 radical (unpaired) electrons. The third kappa shape index (κ3) is 5.75. The average molecular weight is 431 g/mol. The van der Waals surface area contributed by atoms with Gasteiger partial charge in [0.05, 0.1) is 16.9 Å². The molecule has 1 aromatic heterocycles. The first-order chi connectivity index (χ1) is 13.0. The van der Waals surface area contributed by atoms with Crippen molar-refractivity contribution < 1.29 is 14.3 Å². The molecule has 1 aliphatic heterocycles. The van der Waals surface area contributed by atoms with Crippen LogP contribution in [0.5, 0.6) is 5.75 Å². The van der Waals surface area contributed by atoms with Gasteiger partial charge >= 0.3 is 0 Å². The number of benzene rings is 1. The van der Waals surface area contributed by atoms with Crippen molar-refractivity contribution in [3.8, 4) is 5.75 Å². The summed E-state index contributed by atoms with van der Waals surface area (Å²) in [6, 6.07) is 5.02. The Morgan fingerprint density at radius 3 is 3.04 bits per heavy atom. The molecular weight excluding hydrogens is 411 g/mol. The molecule has 1 saturated heterocycles. The number of carbonyl (C=O) groups is 1. The molecule has 10 heteroatoms. The summed E-state index contributed by atoms with van der Waals surface area (Å²) in [4.78, 5) is 12.0. The number of nitrogens with one attached hydrogen (secondary N) is 1. The van der Waals surface area contributed by atoms with E-state index in [2.05, 4.69) is 15.5 Å². The Balaban J connectivity index is 1.47. The van der Waals surface area contributed by atoms with Gasteiger partial charge in [0, 0.05) is 25.2 Å². The molecule has 0 spiro atoms. The van der Waals surface area contributed by atoms with Crippen LogP contribution in [0, 0.1) is 0 Å². The molecule has 2 aromatic rings. The van der Waals surface area contributed by atoms with Gasteiger partial charge in [0.15, 0.2) is 11.0 Å². The van der Waals surface area contributed by atoms with Gasteiger partial charge < -0.3 is 19.4 Å². The number of hydrogen-bond donors (Lipinski definition) is 1. The summed E-state index contributed by atoms with van der Waals surface area (Å²) in [6.07, 6.45) is 2.19. The zero-order valence-corrected chi connectivity index (χ0v) is 17.1. The Morgan fingerprint density at radius 2 is 2.30 bits per heavy atom. The van der Waals surface area contributed by atoms with Crippen LogP contribution in [-0.2, 0) is 23.2 Å². The molecule has 0 bridgehead atoms. The van der Waals surface area contributed by atoms with Crippen LogP contribution in [0.15, 0.2) is 23.4 Å². The minimum Gasteiger partial charge on any atom is -0.484 e. The SMILES string of the molecule is Cn1c(COc2ccc(Cl)cc2Cl)nnc1SCC(=O)NC[C@@H]1CCCO1. The molecule has 1 atom stereocenters. The summed E-state index contributed by atoms with van der Waals surface area (Å²) < 4.78 is 13.0. The number of nitrogens with zero attached hydrogens (tertiary/aromatic N) is 3. The van der Waals surface area contributed by atoms with E-state index in [1.165, 1.54) is 11.8 Å². The first-order valence-corrected chi connectivity index (χ1v) is 10.2. The van der Waals surface area contributed by atoms with Crippen molar-refractivity contribution in [2.45, 2.75) is 30.7 Å². The highest BCUT2D eigenvalue weighted by atomic mass is 35.5. The molecule has 27 heavy (non-hydrogen) atoms. The van der Waals surface area contributed by atoms with Crippen molar-refractivity contribution in [2.24, 2.45) is 7.05 Å². The maximum Gasteiger partial charge on any atom is 0.230 e. The number of halogens is 2. The molecule has 0 aliphatic carbocycles. The molecule has 3 rings (SSSR count). The van der Waals surface area contributed by atoms with Crippen molar-refractivity contribution >= 4 is 40.9 Å². The first-order valence-electron chi connectivity index (χ1n) is 8.50. The first kappa shape index (κ1) is 20.3. The lowest BCUT2D eigenvalue weighted by molar-refractivity contribution is -0.119. The minimum absolute atomic E-state index is 0.0516. The number of carbonyl (C=O) groups excluding carboxylic acids is 1. The van der Waals surface area contributed by atoms with Crippen molar-refractivity contribution in [1.82, 2.24) is 20.1 Å². The van der Waals surface area contributed by atoms with Crippen LogP contribution in [0.3, 0.4) is 0 Å². The van der Waals surface area contributed by atoms with Gasteiger partial charge in [-0.1, -0.05) is 35.0 Å². The van der Waals surface area contributed by atoms with Crippen LogP contribution in [0.2, 0.25) is 10.0 Å². The highest BCUT2D eigenvalue weighted by molar-refractivity contribution is 7.99. The van der Waals surface area contributed by atoms with Crippen LogP contribution in [-0.4, -0.2) is 45.7 Å². The van der Waals surface area contributed by atoms with Gasteiger partial charge in [0.1, 0.15) is 12.4 Å². The van der Waals surface area contributed by atoms with Gasteiger partial charge in [-0.25, -0.2) is 0 Å². The quantitative estimate of drug-likeness (QED) is 0.648. The topological polar surface area (TPSA) is 78.3 Å². The van der Waals surface area contributed by atoms with Gasteiger partial charge in [-0.15, -0.1) is 10.2 Å². The monoisotopic (exact) mass is 430 g/mol. The van der Waals surface area contributed by atoms with E-state index in [4.69, 9.17) is 32.7 Å². The summed E-state index contributed by atoms with van der Waals surface area (Å²) in [5.41, 5.74) is 0. The Kier molecular flexibility index (Phi) is 7.23. The Hall–Kier alpha value is -1.48. The summed E-state index contributed by atoms with van der Waals surface area (Å²) in [5.74, 6) is 1.36. The maximum atomic E-state index is 12.0. The molecule has 1 N–H and O–H groups in total. The molecular formula is C17H20Cl2N4O3S. The molecule has 0 saturated carbocycles. The molecule has 0 unspecified atom stereocenters. The number of thioether (sulfide) groups is 1. The lowest BCUT2D eigenvalue weighted by Crippen LogP contribution is -2.32. The van der Waals surface area contributed by atoms with E-state index in [1.54, 1.807) is 22.8 Å². The fraction of sp³-hybridized carbons (Fsp3) is 0.471. The maximum absolute atomic E-state index is 12.0. The smallest absolute Gasteiger partial charge is 0.230 e. The third-order valence-corrected chi connectivity index (χ3v) is 5.61. The van der Waals surface area contributed by atoms with E-state index in [9.17, 15) is 4.79 Å². The second-order valence-corrected chi connectivity index (χ2v) is 7.84. The van der Waals surface area contributed by atoms with E-state index in [0.717, 1.165) is 19.4 Å². The van der Waals surface area contributed by atoms with Crippen molar-refractivity contribution in [3.63, 3.8) is 0 Å². The predicted molar refractivity (Wildman–Crippen MR) is 105 cm³/mol. The number of rotatable bonds is 8. The molecule has 7 nitrogen and oxygen atoms in total. The number of hydrogen-bond acceptors (Lipinski definition) is 6. The van der Waals surface area contributed by atoms with E-state index in [-0.39, 0.29) is 24.4 Å². The van der Waals surface area contributed by atoms with Gasteiger partial charge in [-0.2, -0.15) is 0 Å². The van der Waals surface area contributed by atoms with E-state index in [1.807, 2.05) is 7.05 Å². The normalized spacial score (nSPS) is 16.5. The Labute approximate surface area is 171 Å². The lowest BCUT2D eigenvalue weighted by atomic mass is 10.2. The van der Waals surface area contributed by atoms with Crippen LogP contribution >= 0.6 is 35.0 Å².